The summed E-state index contributed by atoms with van der Waals surface area (Å²) < 4.78 is 6.05. The van der Waals surface area contributed by atoms with Crippen molar-refractivity contribution in [1.82, 2.24) is 4.90 Å². The molecule has 16 heavy (non-hydrogen) atoms. The average molecular weight is 286 g/mol. The van der Waals surface area contributed by atoms with Gasteiger partial charge in [0.2, 0.25) is 5.78 Å². The van der Waals surface area contributed by atoms with Crippen LogP contribution < -0.4 is 0 Å². The van der Waals surface area contributed by atoms with Crippen LogP contribution in [0.15, 0.2) is 21.2 Å². The highest BCUT2D eigenvalue weighted by atomic mass is 79.9. The van der Waals surface area contributed by atoms with E-state index in [2.05, 4.69) is 15.9 Å². The van der Waals surface area contributed by atoms with Crippen molar-refractivity contribution in [2.75, 3.05) is 14.1 Å². The number of hydrogen-bond donors (Lipinski definition) is 0. The molecular formula is C12H16BrNO2. The van der Waals surface area contributed by atoms with Crippen LogP contribution in [0.3, 0.4) is 0 Å². The molecule has 0 aromatic carbocycles. The third-order valence-corrected chi connectivity index (χ3v) is 4.16. The van der Waals surface area contributed by atoms with Crippen LogP contribution in [0.2, 0.25) is 0 Å². The summed E-state index contributed by atoms with van der Waals surface area (Å²) in [4.78, 5) is 14.6. The number of carbonyl (C=O) groups is 1. The van der Waals surface area contributed by atoms with E-state index in [1.165, 1.54) is 0 Å². The Balaban J connectivity index is 2.35. The largest absolute Gasteiger partial charge is 0.460 e. The maximum atomic E-state index is 12.5. The Labute approximate surface area is 104 Å². The molecule has 4 heteroatoms. The molecule has 1 heterocycles. The predicted octanol–water partition coefficient (Wildman–Crippen LogP) is 3.10. The van der Waals surface area contributed by atoms with Crippen molar-refractivity contribution >= 4 is 21.7 Å². The molecule has 0 spiro atoms. The molecule has 1 fully saturated rings. The third kappa shape index (κ3) is 1.74. The number of nitrogens with zero attached hydrogens (tertiary/aromatic N) is 1. The van der Waals surface area contributed by atoms with Crippen molar-refractivity contribution < 1.29 is 9.21 Å². The van der Waals surface area contributed by atoms with Crippen molar-refractivity contribution in [3.8, 4) is 0 Å². The SMILES string of the molecule is CN(C)C1(C(=O)c2occc2Br)CCCC1. The van der Waals surface area contributed by atoms with Crippen LogP contribution >= 0.6 is 15.9 Å². The van der Waals surface area contributed by atoms with E-state index in [4.69, 9.17) is 4.42 Å². The first kappa shape index (κ1) is 11.9. The van der Waals surface area contributed by atoms with Crippen molar-refractivity contribution in [2.24, 2.45) is 0 Å². The third-order valence-electron chi connectivity index (χ3n) is 3.53. The number of halogens is 1. The standard InChI is InChI=1S/C12H16BrNO2/c1-14(2)12(6-3-4-7-12)11(15)10-9(13)5-8-16-10/h5,8H,3-4,6-7H2,1-2H3. The number of furan rings is 1. The smallest absolute Gasteiger partial charge is 0.219 e. The van der Waals surface area contributed by atoms with E-state index in [-0.39, 0.29) is 11.3 Å². The summed E-state index contributed by atoms with van der Waals surface area (Å²) in [5.41, 5.74) is -0.361. The Kier molecular flexibility index (Phi) is 3.22. The maximum Gasteiger partial charge on any atom is 0.219 e. The second-order valence-electron chi connectivity index (χ2n) is 4.56. The maximum absolute atomic E-state index is 12.5. The minimum atomic E-state index is -0.361. The Hall–Kier alpha value is -0.610. The van der Waals surface area contributed by atoms with Gasteiger partial charge in [0.15, 0.2) is 5.76 Å². The summed E-state index contributed by atoms with van der Waals surface area (Å²) in [6.45, 7) is 0. The van der Waals surface area contributed by atoms with Gasteiger partial charge in [-0.25, -0.2) is 0 Å². The molecule has 0 amide bonds. The first-order valence-corrected chi connectivity index (χ1v) is 6.32. The lowest BCUT2D eigenvalue weighted by Crippen LogP contribution is -2.48. The molecule has 1 aliphatic carbocycles. The summed E-state index contributed by atoms with van der Waals surface area (Å²) in [7, 11) is 3.94. The van der Waals surface area contributed by atoms with Crippen LogP contribution in [-0.2, 0) is 0 Å². The van der Waals surface area contributed by atoms with Gasteiger partial charge in [0, 0.05) is 0 Å². The van der Waals surface area contributed by atoms with E-state index in [9.17, 15) is 4.79 Å². The Morgan fingerprint density at radius 2 is 2.06 bits per heavy atom. The number of ketones is 1. The quantitative estimate of drug-likeness (QED) is 0.801. The molecule has 0 N–H and O–H groups in total. The molecule has 1 aromatic rings. The van der Waals surface area contributed by atoms with Crippen molar-refractivity contribution in [1.29, 1.82) is 0 Å². The lowest BCUT2D eigenvalue weighted by molar-refractivity contribution is 0.0661. The number of Topliss-reactive ketones (excluding diaryl/α,β-unsaturated/α-hetero) is 1. The molecule has 1 saturated carbocycles. The van der Waals surface area contributed by atoms with Gasteiger partial charge in [0.05, 0.1) is 16.3 Å². The molecule has 0 bridgehead atoms. The fourth-order valence-corrected chi connectivity index (χ4v) is 2.89. The fraction of sp³-hybridized carbons (Fsp3) is 0.583. The van der Waals surface area contributed by atoms with Crippen molar-refractivity contribution in [3.63, 3.8) is 0 Å². The second-order valence-corrected chi connectivity index (χ2v) is 5.41. The van der Waals surface area contributed by atoms with Crippen LogP contribution in [0.4, 0.5) is 0 Å². The van der Waals surface area contributed by atoms with E-state index in [1.54, 1.807) is 12.3 Å². The number of carbonyl (C=O) groups excluding carboxylic acids is 1. The number of likely N-dealkylation sites (N-methyl/N-ethyl adjacent to an activating group) is 1. The monoisotopic (exact) mass is 285 g/mol. The van der Waals surface area contributed by atoms with Crippen LogP contribution in [0.1, 0.15) is 36.2 Å². The highest BCUT2D eigenvalue weighted by molar-refractivity contribution is 9.10. The van der Waals surface area contributed by atoms with Gasteiger partial charge in [-0.2, -0.15) is 0 Å². The van der Waals surface area contributed by atoms with E-state index < -0.39 is 0 Å². The Bertz CT molecular complexity index is 391. The fourth-order valence-electron chi connectivity index (χ4n) is 2.50. The average Bonchev–Trinajstić information content (AvgIpc) is 2.85. The van der Waals surface area contributed by atoms with E-state index in [0.717, 1.165) is 30.2 Å². The van der Waals surface area contributed by atoms with Gasteiger partial charge in [-0.3, -0.25) is 9.69 Å². The molecule has 2 rings (SSSR count). The molecule has 1 aliphatic rings. The Morgan fingerprint density at radius 1 is 1.44 bits per heavy atom. The highest BCUT2D eigenvalue weighted by Crippen LogP contribution is 2.38. The second kappa shape index (κ2) is 4.34. The summed E-state index contributed by atoms with van der Waals surface area (Å²) in [5, 5.41) is 0. The lowest BCUT2D eigenvalue weighted by atomic mass is 9.89. The van der Waals surface area contributed by atoms with Gasteiger partial charge in [-0.1, -0.05) is 12.8 Å². The number of rotatable bonds is 3. The van der Waals surface area contributed by atoms with E-state index >= 15 is 0 Å². The van der Waals surface area contributed by atoms with Gasteiger partial charge in [-0.05, 0) is 48.9 Å². The molecule has 0 aliphatic heterocycles. The van der Waals surface area contributed by atoms with Crippen LogP contribution in [0, 0.1) is 0 Å². The highest BCUT2D eigenvalue weighted by Gasteiger charge is 2.45. The van der Waals surface area contributed by atoms with Gasteiger partial charge in [-0.15, -0.1) is 0 Å². The van der Waals surface area contributed by atoms with Crippen molar-refractivity contribution in [2.45, 2.75) is 31.2 Å². The minimum Gasteiger partial charge on any atom is -0.460 e. The predicted molar refractivity (Wildman–Crippen MR) is 65.6 cm³/mol. The summed E-state index contributed by atoms with van der Waals surface area (Å²) in [6.07, 6.45) is 5.62. The minimum absolute atomic E-state index is 0.104. The summed E-state index contributed by atoms with van der Waals surface area (Å²) >= 11 is 3.35. The first-order chi connectivity index (χ1) is 7.58. The van der Waals surface area contributed by atoms with E-state index in [0.29, 0.717) is 5.76 Å². The van der Waals surface area contributed by atoms with Gasteiger partial charge in [0.25, 0.3) is 0 Å². The molecule has 3 nitrogen and oxygen atoms in total. The molecule has 0 radical (unpaired) electrons. The van der Waals surface area contributed by atoms with Crippen LogP contribution in [0.5, 0.6) is 0 Å². The zero-order chi connectivity index (χ0) is 11.8. The van der Waals surface area contributed by atoms with Crippen LogP contribution in [0.25, 0.3) is 0 Å². The molecular weight excluding hydrogens is 270 g/mol. The first-order valence-electron chi connectivity index (χ1n) is 5.53. The van der Waals surface area contributed by atoms with Gasteiger partial charge >= 0.3 is 0 Å². The number of hydrogen-bond acceptors (Lipinski definition) is 3. The lowest BCUT2D eigenvalue weighted by Gasteiger charge is -2.33. The summed E-state index contributed by atoms with van der Waals surface area (Å²) in [5.74, 6) is 0.558. The van der Waals surface area contributed by atoms with Gasteiger partial charge < -0.3 is 4.42 Å². The normalized spacial score (nSPS) is 19.2. The molecule has 1 aromatic heterocycles. The van der Waals surface area contributed by atoms with Gasteiger partial charge in [0.1, 0.15) is 0 Å². The topological polar surface area (TPSA) is 33.5 Å². The molecule has 0 unspecified atom stereocenters. The Morgan fingerprint density at radius 3 is 2.50 bits per heavy atom. The van der Waals surface area contributed by atoms with Crippen LogP contribution in [-0.4, -0.2) is 30.3 Å². The molecule has 0 saturated heterocycles. The molecule has 0 atom stereocenters. The zero-order valence-electron chi connectivity index (χ0n) is 9.62. The summed E-state index contributed by atoms with van der Waals surface area (Å²) in [6, 6.07) is 1.77. The van der Waals surface area contributed by atoms with E-state index in [1.807, 2.05) is 19.0 Å². The zero-order valence-corrected chi connectivity index (χ0v) is 11.2. The molecule has 88 valence electrons. The van der Waals surface area contributed by atoms with Crippen molar-refractivity contribution in [3.05, 3.63) is 22.6 Å².